The summed E-state index contributed by atoms with van der Waals surface area (Å²) >= 11 is 0.474. The predicted octanol–water partition coefficient (Wildman–Crippen LogP) is 5.70. The molecule has 2 unspecified atom stereocenters. The zero-order chi connectivity index (χ0) is 20.2. The lowest BCUT2D eigenvalue weighted by Gasteiger charge is -2.38. The second-order valence-corrected chi connectivity index (χ2v) is 16.9. The second-order valence-electron chi connectivity index (χ2n) is 9.03. The van der Waals surface area contributed by atoms with Crippen LogP contribution in [0.15, 0.2) is 29.2 Å². The Bertz CT molecular complexity index is 554. The van der Waals surface area contributed by atoms with Gasteiger partial charge in [-0.05, 0) is 55.4 Å². The highest BCUT2D eigenvalue weighted by Gasteiger charge is 2.39. The first kappa shape index (κ1) is 24.1. The van der Waals surface area contributed by atoms with Gasteiger partial charge in [0.2, 0.25) is 0 Å². The average molecular weight is 416 g/mol. The van der Waals surface area contributed by atoms with Gasteiger partial charge in [0.25, 0.3) is 0 Å². The summed E-state index contributed by atoms with van der Waals surface area (Å²) < 4.78 is 18.0. The zero-order valence-electron chi connectivity index (χ0n) is 17.7. The SMILES string of the molecule is CCSc1ccc(C(CO[Si](C)(C)C(C)(C)C)CC(C)(C)[S+](N)[O-])cc1. The van der Waals surface area contributed by atoms with Gasteiger partial charge in [0, 0.05) is 35.2 Å². The van der Waals surface area contributed by atoms with Gasteiger partial charge in [0.05, 0.1) is 0 Å². The van der Waals surface area contributed by atoms with Gasteiger partial charge in [-0.15, -0.1) is 11.8 Å². The summed E-state index contributed by atoms with van der Waals surface area (Å²) in [5.41, 5.74) is 1.24. The van der Waals surface area contributed by atoms with Crippen LogP contribution in [-0.4, -0.2) is 30.0 Å². The van der Waals surface area contributed by atoms with Crippen molar-refractivity contribution in [1.82, 2.24) is 0 Å². The van der Waals surface area contributed by atoms with Crippen molar-refractivity contribution in [1.29, 1.82) is 0 Å². The first-order valence-corrected chi connectivity index (χ1v) is 14.4. The van der Waals surface area contributed by atoms with Crippen LogP contribution in [0.2, 0.25) is 18.1 Å². The normalized spacial score (nSPS) is 15.8. The number of hydrogen-bond acceptors (Lipinski definition) is 4. The molecule has 0 aromatic heterocycles. The Morgan fingerprint density at radius 1 is 1.15 bits per heavy atom. The van der Waals surface area contributed by atoms with Crippen LogP contribution in [0.5, 0.6) is 0 Å². The fourth-order valence-electron chi connectivity index (χ4n) is 2.48. The maximum Gasteiger partial charge on any atom is 0.192 e. The van der Waals surface area contributed by atoms with Crippen LogP contribution in [0.4, 0.5) is 0 Å². The molecule has 0 radical (unpaired) electrons. The molecule has 0 saturated carbocycles. The first-order chi connectivity index (χ1) is 11.8. The quantitative estimate of drug-likeness (QED) is 0.319. The van der Waals surface area contributed by atoms with Gasteiger partial charge in [0.1, 0.15) is 4.75 Å². The molecule has 6 heteroatoms. The molecular formula is C20H37NO2S2Si. The van der Waals surface area contributed by atoms with Crippen LogP contribution >= 0.6 is 11.8 Å². The molecule has 0 amide bonds. The standard InChI is InChI=1S/C20H37NO2S2Si/c1-9-24-18-12-10-16(11-13-18)17(14-20(5,6)25(21)22)15-23-26(7,8)19(2,3)4/h10-13,17H,9,14-15,21H2,1-8H3. The largest absolute Gasteiger partial charge is 0.598 e. The van der Waals surface area contributed by atoms with Crippen molar-refractivity contribution in [2.45, 2.75) is 81.7 Å². The third kappa shape index (κ3) is 6.88. The van der Waals surface area contributed by atoms with Crippen LogP contribution < -0.4 is 5.14 Å². The van der Waals surface area contributed by atoms with E-state index in [2.05, 4.69) is 65.1 Å². The molecule has 3 nitrogen and oxygen atoms in total. The molecule has 2 atom stereocenters. The fourth-order valence-corrected chi connectivity index (χ4v) is 4.56. The minimum absolute atomic E-state index is 0.172. The molecule has 26 heavy (non-hydrogen) atoms. The molecule has 0 heterocycles. The van der Waals surface area contributed by atoms with Crippen LogP contribution in [0.25, 0.3) is 0 Å². The van der Waals surface area contributed by atoms with Crippen molar-refractivity contribution in [3.63, 3.8) is 0 Å². The molecule has 2 N–H and O–H groups in total. The van der Waals surface area contributed by atoms with Gasteiger partial charge >= 0.3 is 0 Å². The summed E-state index contributed by atoms with van der Waals surface area (Å²) in [6.45, 7) is 18.1. The zero-order valence-corrected chi connectivity index (χ0v) is 20.4. The van der Waals surface area contributed by atoms with Crippen LogP contribution in [-0.2, 0) is 15.8 Å². The number of hydrogen-bond donors (Lipinski definition) is 1. The molecule has 1 aromatic rings. The van der Waals surface area contributed by atoms with E-state index in [9.17, 15) is 4.55 Å². The molecule has 0 fully saturated rings. The summed E-state index contributed by atoms with van der Waals surface area (Å²) in [6, 6.07) is 8.73. The van der Waals surface area contributed by atoms with Crippen molar-refractivity contribution in [2.75, 3.05) is 12.4 Å². The Kier molecular flexibility index (Phi) is 8.77. The molecular weight excluding hydrogens is 378 g/mol. The Balaban J connectivity index is 3.02. The predicted molar refractivity (Wildman–Crippen MR) is 120 cm³/mol. The summed E-state index contributed by atoms with van der Waals surface area (Å²) in [5.74, 6) is 1.25. The van der Waals surface area contributed by atoms with Gasteiger partial charge < -0.3 is 8.98 Å². The van der Waals surface area contributed by atoms with Crippen molar-refractivity contribution in [3.8, 4) is 0 Å². The third-order valence-electron chi connectivity index (χ3n) is 5.40. The minimum Gasteiger partial charge on any atom is -0.598 e. The number of thioether (sulfide) groups is 1. The van der Waals surface area contributed by atoms with E-state index in [1.165, 1.54) is 10.5 Å². The summed E-state index contributed by atoms with van der Waals surface area (Å²) in [6.07, 6.45) is 0.741. The lowest BCUT2D eigenvalue weighted by Crippen LogP contribution is -2.43. The third-order valence-corrected chi connectivity index (χ3v) is 12.0. The topological polar surface area (TPSA) is 58.3 Å². The van der Waals surface area contributed by atoms with E-state index in [0.717, 1.165) is 12.2 Å². The van der Waals surface area contributed by atoms with Crippen molar-refractivity contribution < 1.29 is 8.98 Å². The lowest BCUT2D eigenvalue weighted by molar-refractivity contribution is 0.250. The summed E-state index contributed by atoms with van der Waals surface area (Å²) in [5, 5.41) is 5.92. The average Bonchev–Trinajstić information content (AvgIpc) is 2.51. The maximum atomic E-state index is 12.0. The molecule has 0 aliphatic rings. The summed E-state index contributed by atoms with van der Waals surface area (Å²) in [4.78, 5) is 1.28. The van der Waals surface area contributed by atoms with Crippen molar-refractivity contribution >= 4 is 31.4 Å². The Morgan fingerprint density at radius 3 is 2.12 bits per heavy atom. The molecule has 1 rings (SSSR count). The van der Waals surface area contributed by atoms with E-state index in [1.807, 2.05) is 25.6 Å². The van der Waals surface area contributed by atoms with Crippen molar-refractivity contribution in [2.24, 2.45) is 5.14 Å². The van der Waals surface area contributed by atoms with Crippen LogP contribution in [0.1, 0.15) is 59.4 Å². The fraction of sp³-hybridized carbons (Fsp3) is 0.700. The second kappa shape index (κ2) is 9.48. The van der Waals surface area contributed by atoms with Gasteiger partial charge in [-0.3, -0.25) is 0 Å². The highest BCUT2D eigenvalue weighted by atomic mass is 32.2. The first-order valence-electron chi connectivity index (χ1n) is 9.33. The smallest absolute Gasteiger partial charge is 0.192 e. The lowest BCUT2D eigenvalue weighted by atomic mass is 9.90. The van der Waals surface area contributed by atoms with Gasteiger partial charge in [-0.25, -0.2) is 0 Å². The van der Waals surface area contributed by atoms with Gasteiger partial charge in [-0.2, -0.15) is 5.14 Å². The Hall–Kier alpha value is 0.0169. The van der Waals surface area contributed by atoms with E-state index in [0.29, 0.717) is 6.61 Å². The molecule has 0 aliphatic heterocycles. The van der Waals surface area contributed by atoms with Gasteiger partial charge in [0.15, 0.2) is 8.32 Å². The van der Waals surface area contributed by atoms with E-state index in [-0.39, 0.29) is 11.0 Å². The van der Waals surface area contributed by atoms with E-state index >= 15 is 0 Å². The van der Waals surface area contributed by atoms with Crippen LogP contribution in [0.3, 0.4) is 0 Å². The van der Waals surface area contributed by atoms with Crippen LogP contribution in [0, 0.1) is 0 Å². The van der Waals surface area contributed by atoms with Crippen molar-refractivity contribution in [3.05, 3.63) is 29.8 Å². The number of rotatable bonds is 9. The summed E-state index contributed by atoms with van der Waals surface area (Å²) in [7, 11) is -1.84. The monoisotopic (exact) mass is 415 g/mol. The van der Waals surface area contributed by atoms with Gasteiger partial charge in [-0.1, -0.05) is 39.8 Å². The highest BCUT2D eigenvalue weighted by Crippen LogP contribution is 2.39. The Labute approximate surface area is 169 Å². The highest BCUT2D eigenvalue weighted by molar-refractivity contribution is 7.99. The minimum atomic E-state index is -1.84. The molecule has 0 saturated heterocycles. The molecule has 0 spiro atoms. The Morgan fingerprint density at radius 2 is 1.69 bits per heavy atom. The number of benzene rings is 1. The molecule has 0 aliphatic carbocycles. The molecule has 0 bridgehead atoms. The van der Waals surface area contributed by atoms with E-state index in [1.54, 1.807) is 0 Å². The maximum absolute atomic E-state index is 12.0. The number of nitrogens with two attached hydrogens (primary N) is 1. The molecule has 150 valence electrons. The van der Waals surface area contributed by atoms with E-state index < -0.39 is 24.4 Å². The van der Waals surface area contributed by atoms with E-state index in [4.69, 9.17) is 9.56 Å². The molecule has 1 aromatic carbocycles.